The minimum absolute atomic E-state index is 0.156. The molecule has 0 bridgehead atoms. The number of alkyl halides is 1. The number of rotatable bonds is 5. The lowest BCUT2D eigenvalue weighted by Gasteiger charge is -2.31. The summed E-state index contributed by atoms with van der Waals surface area (Å²) < 4.78 is 15.9. The first-order chi connectivity index (χ1) is 15.7. The molecule has 0 aliphatic carbocycles. The summed E-state index contributed by atoms with van der Waals surface area (Å²) in [6, 6.07) is 6.17. The highest BCUT2D eigenvalue weighted by Crippen LogP contribution is 2.33. The number of hydrogen-bond donors (Lipinski definition) is 2. The van der Waals surface area contributed by atoms with Crippen LogP contribution in [0.2, 0.25) is 0 Å². The second-order valence-corrected chi connectivity index (χ2v) is 9.49. The van der Waals surface area contributed by atoms with Crippen molar-refractivity contribution >= 4 is 22.5 Å². The lowest BCUT2D eigenvalue weighted by molar-refractivity contribution is 0.0952. The first-order valence-corrected chi connectivity index (χ1v) is 11.7. The standard InChI is InChI=1S/C26H33FN4O2/c1-15(2)31-14-17(4)24-21(11-20(12-23(24)31)30-8-6-19(27)7-9-30)25(32)28-13-22-16(3)10-18(5)29-26(22)33/h10-12,14-15,19H,6-9,13H2,1-5H3,(H,28,32)(H,29,33). The number of nitrogens with zero attached hydrogens (tertiary/aromatic N) is 2. The fourth-order valence-electron chi connectivity index (χ4n) is 4.83. The van der Waals surface area contributed by atoms with E-state index in [1.54, 1.807) is 0 Å². The Morgan fingerprint density at radius 3 is 2.48 bits per heavy atom. The third-order valence-electron chi connectivity index (χ3n) is 6.62. The van der Waals surface area contributed by atoms with Crippen molar-refractivity contribution < 1.29 is 9.18 Å². The van der Waals surface area contributed by atoms with E-state index in [0.29, 0.717) is 37.1 Å². The fraction of sp³-hybridized carbons (Fsp3) is 0.462. The number of fused-ring (bicyclic) bond motifs is 1. The molecule has 1 aliphatic rings. The number of carbonyl (C=O) groups excluding carboxylic acids is 1. The summed E-state index contributed by atoms with van der Waals surface area (Å²) in [5.74, 6) is -0.216. The van der Waals surface area contributed by atoms with Crippen molar-refractivity contribution in [2.24, 2.45) is 0 Å². The average molecular weight is 453 g/mol. The van der Waals surface area contributed by atoms with Crippen molar-refractivity contribution in [3.05, 3.63) is 62.7 Å². The van der Waals surface area contributed by atoms with Gasteiger partial charge in [-0.15, -0.1) is 0 Å². The number of hydrogen-bond acceptors (Lipinski definition) is 3. The maximum atomic E-state index is 13.7. The zero-order valence-corrected chi connectivity index (χ0v) is 20.1. The Kier molecular flexibility index (Phi) is 6.32. The minimum Gasteiger partial charge on any atom is -0.371 e. The van der Waals surface area contributed by atoms with Crippen LogP contribution in [-0.4, -0.2) is 34.7 Å². The second-order valence-electron chi connectivity index (χ2n) is 9.49. The van der Waals surface area contributed by atoms with Crippen LogP contribution in [0.25, 0.3) is 10.9 Å². The summed E-state index contributed by atoms with van der Waals surface area (Å²) in [5.41, 5.74) is 5.58. The first kappa shape index (κ1) is 23.1. The van der Waals surface area contributed by atoms with Crippen molar-refractivity contribution in [3.63, 3.8) is 0 Å². The zero-order chi connectivity index (χ0) is 23.9. The number of halogens is 1. The molecule has 1 fully saturated rings. The molecular formula is C26H33FN4O2. The smallest absolute Gasteiger partial charge is 0.253 e. The summed E-state index contributed by atoms with van der Waals surface area (Å²) in [4.78, 5) is 30.8. The molecule has 1 aliphatic heterocycles. The predicted molar refractivity (Wildman–Crippen MR) is 131 cm³/mol. The number of nitrogens with one attached hydrogen (secondary N) is 2. The molecule has 2 aromatic heterocycles. The molecule has 1 amide bonds. The van der Waals surface area contributed by atoms with Gasteiger partial charge < -0.3 is 19.8 Å². The molecule has 3 heterocycles. The van der Waals surface area contributed by atoms with Crippen LogP contribution in [0.1, 0.15) is 65.5 Å². The molecule has 0 atom stereocenters. The van der Waals surface area contributed by atoms with Crippen LogP contribution in [0.5, 0.6) is 0 Å². The second kappa shape index (κ2) is 9.04. The van der Waals surface area contributed by atoms with E-state index < -0.39 is 6.17 Å². The monoisotopic (exact) mass is 452 g/mol. The quantitative estimate of drug-likeness (QED) is 0.589. The molecule has 0 saturated carbocycles. The number of carbonyl (C=O) groups is 1. The number of benzene rings is 1. The van der Waals surface area contributed by atoms with E-state index in [4.69, 9.17) is 0 Å². The SMILES string of the molecule is Cc1cc(C)c(CNC(=O)c2cc(N3CCC(F)CC3)cc3c2c(C)cn3C(C)C)c(=O)[nH]1. The van der Waals surface area contributed by atoms with Crippen molar-refractivity contribution in [2.75, 3.05) is 18.0 Å². The normalized spacial score (nSPS) is 14.9. The molecule has 2 N–H and O–H groups in total. The van der Waals surface area contributed by atoms with E-state index in [1.165, 1.54) is 0 Å². The Balaban J connectivity index is 1.73. The average Bonchev–Trinajstić information content (AvgIpc) is 3.09. The van der Waals surface area contributed by atoms with Crippen molar-refractivity contribution in [3.8, 4) is 0 Å². The summed E-state index contributed by atoms with van der Waals surface area (Å²) in [5, 5.41) is 3.88. The fourth-order valence-corrected chi connectivity index (χ4v) is 4.83. The molecule has 33 heavy (non-hydrogen) atoms. The minimum atomic E-state index is -0.759. The third kappa shape index (κ3) is 4.54. The van der Waals surface area contributed by atoms with Gasteiger partial charge in [-0.05, 0) is 76.8 Å². The van der Waals surface area contributed by atoms with Crippen LogP contribution >= 0.6 is 0 Å². The van der Waals surface area contributed by atoms with Crippen molar-refractivity contribution in [2.45, 2.75) is 66.2 Å². The van der Waals surface area contributed by atoms with Crippen LogP contribution in [0.15, 0.2) is 29.2 Å². The summed E-state index contributed by atoms with van der Waals surface area (Å²) >= 11 is 0. The molecular weight excluding hydrogens is 419 g/mol. The van der Waals surface area contributed by atoms with E-state index in [-0.39, 0.29) is 24.1 Å². The highest BCUT2D eigenvalue weighted by molar-refractivity contribution is 6.09. The van der Waals surface area contributed by atoms with Gasteiger partial charge in [-0.25, -0.2) is 4.39 Å². The van der Waals surface area contributed by atoms with Gasteiger partial charge in [-0.1, -0.05) is 0 Å². The number of piperidine rings is 1. The lowest BCUT2D eigenvalue weighted by atomic mass is 10.0. The van der Waals surface area contributed by atoms with Crippen molar-refractivity contribution in [1.29, 1.82) is 0 Å². The van der Waals surface area contributed by atoms with Crippen LogP contribution in [0.3, 0.4) is 0 Å². The number of amides is 1. The predicted octanol–water partition coefficient (Wildman–Crippen LogP) is 4.70. The molecule has 0 unspecified atom stereocenters. The Morgan fingerprint density at radius 1 is 1.15 bits per heavy atom. The Bertz CT molecular complexity index is 1250. The van der Waals surface area contributed by atoms with Crippen LogP contribution in [0, 0.1) is 20.8 Å². The topological polar surface area (TPSA) is 70.1 Å². The molecule has 4 rings (SSSR count). The highest BCUT2D eigenvalue weighted by atomic mass is 19.1. The lowest BCUT2D eigenvalue weighted by Crippen LogP contribution is -2.34. The van der Waals surface area contributed by atoms with Gasteiger partial charge in [-0.2, -0.15) is 0 Å². The molecule has 176 valence electrons. The van der Waals surface area contributed by atoms with E-state index in [2.05, 4.69) is 45.9 Å². The summed E-state index contributed by atoms with van der Waals surface area (Å²) in [6.45, 7) is 11.4. The number of pyridine rings is 1. The molecule has 0 radical (unpaired) electrons. The van der Waals surface area contributed by atoms with Crippen LogP contribution in [0.4, 0.5) is 10.1 Å². The number of H-pyrrole nitrogens is 1. The Labute approximate surface area is 193 Å². The molecule has 1 aromatic carbocycles. The van der Waals surface area contributed by atoms with E-state index >= 15 is 0 Å². The summed E-state index contributed by atoms with van der Waals surface area (Å²) in [7, 11) is 0. The Morgan fingerprint density at radius 2 is 1.85 bits per heavy atom. The molecule has 1 saturated heterocycles. The Hall–Kier alpha value is -3.09. The number of anilines is 1. The van der Waals surface area contributed by atoms with Crippen molar-refractivity contribution in [1.82, 2.24) is 14.9 Å². The van der Waals surface area contributed by atoms with E-state index in [0.717, 1.165) is 33.4 Å². The summed E-state index contributed by atoms with van der Waals surface area (Å²) in [6.07, 6.45) is 2.32. The first-order valence-electron chi connectivity index (χ1n) is 11.7. The van der Waals surface area contributed by atoms with Gasteiger partial charge in [0.25, 0.3) is 11.5 Å². The van der Waals surface area contributed by atoms with Crippen LogP contribution < -0.4 is 15.8 Å². The molecule has 3 aromatic rings. The third-order valence-corrected chi connectivity index (χ3v) is 6.62. The van der Waals surface area contributed by atoms with Gasteiger partial charge >= 0.3 is 0 Å². The molecule has 7 heteroatoms. The van der Waals surface area contributed by atoms with Crippen LogP contribution in [-0.2, 0) is 6.54 Å². The molecule has 6 nitrogen and oxygen atoms in total. The number of aryl methyl sites for hydroxylation is 3. The van der Waals surface area contributed by atoms with Gasteiger partial charge in [0.15, 0.2) is 0 Å². The van der Waals surface area contributed by atoms with E-state index in [9.17, 15) is 14.0 Å². The number of aromatic amines is 1. The zero-order valence-electron chi connectivity index (χ0n) is 20.1. The number of aromatic nitrogens is 2. The van der Waals surface area contributed by atoms with Gasteiger partial charge in [-0.3, -0.25) is 9.59 Å². The van der Waals surface area contributed by atoms with Gasteiger partial charge in [0.2, 0.25) is 0 Å². The largest absolute Gasteiger partial charge is 0.371 e. The van der Waals surface area contributed by atoms with Gasteiger partial charge in [0.1, 0.15) is 6.17 Å². The van der Waals surface area contributed by atoms with E-state index in [1.807, 2.05) is 32.9 Å². The highest BCUT2D eigenvalue weighted by Gasteiger charge is 2.23. The maximum absolute atomic E-state index is 13.7. The van der Waals surface area contributed by atoms with Gasteiger partial charge in [0, 0.05) is 54.2 Å². The maximum Gasteiger partial charge on any atom is 0.253 e. The van der Waals surface area contributed by atoms with Gasteiger partial charge in [0.05, 0.1) is 11.1 Å². The molecule has 0 spiro atoms.